The Bertz CT molecular complexity index is 566. The summed E-state index contributed by atoms with van der Waals surface area (Å²) >= 11 is 3.22. The number of rotatable bonds is 6. The van der Waals surface area contributed by atoms with Crippen molar-refractivity contribution in [3.63, 3.8) is 0 Å². The lowest BCUT2D eigenvalue weighted by atomic mass is 9.99. The monoisotopic (exact) mass is 353 g/mol. The molecule has 0 aliphatic carbocycles. The maximum absolute atomic E-state index is 12.1. The first-order valence-electron chi connectivity index (χ1n) is 6.25. The molecule has 0 aliphatic rings. The molecule has 0 heterocycles. The van der Waals surface area contributed by atoms with Gasteiger partial charge in [-0.05, 0) is 29.6 Å². The molecular formula is C15H16BrNO4. The van der Waals surface area contributed by atoms with Gasteiger partial charge in [-0.3, -0.25) is 10.1 Å². The van der Waals surface area contributed by atoms with Crippen LogP contribution in [0.25, 0.3) is 0 Å². The van der Waals surface area contributed by atoms with E-state index < -0.39 is 17.0 Å². The summed E-state index contributed by atoms with van der Waals surface area (Å²) in [6, 6.07) is 5.30. The summed E-state index contributed by atoms with van der Waals surface area (Å²) < 4.78 is 5.46. The Labute approximate surface area is 131 Å². The minimum atomic E-state index is -0.530. The van der Waals surface area contributed by atoms with Crippen molar-refractivity contribution in [2.24, 2.45) is 5.92 Å². The standard InChI is InChI=1S/C15H16BrNO4/c1-4-10(2)14(11(3)9-16)21-15(18)12-5-7-13(8-6-12)17(19)20/h4-10,14H,1H2,2-3H3/b11-9-/t10-,14+/m0/s1. The number of nitro groups is 1. The molecule has 0 amide bonds. The summed E-state index contributed by atoms with van der Waals surface area (Å²) in [4.78, 5) is 23.9. The third-order valence-corrected chi connectivity index (χ3v) is 3.74. The zero-order valence-corrected chi connectivity index (χ0v) is 13.4. The predicted molar refractivity (Wildman–Crippen MR) is 84.3 cm³/mol. The van der Waals surface area contributed by atoms with E-state index in [0.717, 1.165) is 5.57 Å². The summed E-state index contributed by atoms with van der Waals surface area (Å²) in [6.07, 6.45) is 1.26. The van der Waals surface area contributed by atoms with Crippen molar-refractivity contribution in [1.82, 2.24) is 0 Å². The predicted octanol–water partition coefficient (Wildman–Crippen LogP) is 4.24. The number of nitro benzene ring substituents is 1. The SMILES string of the molecule is C=C[C@H](C)[C@@H](OC(=O)c1ccc([N+](=O)[O-])cc1)/C(C)=C\Br. The second-order valence-corrected chi connectivity index (χ2v) is 5.04. The lowest BCUT2D eigenvalue weighted by Crippen LogP contribution is -2.25. The van der Waals surface area contributed by atoms with Gasteiger partial charge in [0.05, 0.1) is 10.5 Å². The molecule has 0 saturated heterocycles. The van der Waals surface area contributed by atoms with E-state index in [1.807, 2.05) is 13.8 Å². The molecule has 0 unspecified atom stereocenters. The van der Waals surface area contributed by atoms with Gasteiger partial charge >= 0.3 is 5.97 Å². The van der Waals surface area contributed by atoms with Gasteiger partial charge in [0.2, 0.25) is 0 Å². The maximum Gasteiger partial charge on any atom is 0.338 e. The number of carbonyl (C=O) groups is 1. The molecule has 0 aromatic heterocycles. The number of halogens is 1. The molecule has 0 saturated carbocycles. The Balaban J connectivity index is 2.91. The quantitative estimate of drug-likeness (QED) is 0.332. The fourth-order valence-electron chi connectivity index (χ4n) is 1.70. The summed E-state index contributed by atoms with van der Waals surface area (Å²) in [6.45, 7) is 7.43. The average molecular weight is 354 g/mol. The second-order valence-electron chi connectivity index (χ2n) is 4.58. The summed E-state index contributed by atoms with van der Waals surface area (Å²) in [5, 5.41) is 10.6. The molecule has 0 fully saturated rings. The number of benzene rings is 1. The molecule has 1 aromatic carbocycles. The number of esters is 1. The van der Waals surface area contributed by atoms with Gasteiger partial charge in [0.1, 0.15) is 6.10 Å². The van der Waals surface area contributed by atoms with Crippen LogP contribution in [0.15, 0.2) is 47.5 Å². The number of non-ortho nitro benzene ring substituents is 1. The molecule has 5 nitrogen and oxygen atoms in total. The first-order valence-corrected chi connectivity index (χ1v) is 7.17. The van der Waals surface area contributed by atoms with E-state index in [4.69, 9.17) is 4.74 Å². The number of ether oxygens (including phenoxy) is 1. The van der Waals surface area contributed by atoms with Crippen LogP contribution in [-0.2, 0) is 4.74 Å². The summed E-state index contributed by atoms with van der Waals surface area (Å²) in [5.41, 5.74) is 1.04. The molecule has 112 valence electrons. The number of carbonyl (C=O) groups excluding carboxylic acids is 1. The van der Waals surface area contributed by atoms with Crippen LogP contribution in [0.4, 0.5) is 5.69 Å². The van der Waals surface area contributed by atoms with Gasteiger partial charge in [-0.1, -0.05) is 28.9 Å². The molecule has 0 bridgehead atoms. The van der Waals surface area contributed by atoms with Crippen LogP contribution >= 0.6 is 15.9 Å². The zero-order valence-electron chi connectivity index (χ0n) is 11.8. The van der Waals surface area contributed by atoms with E-state index in [1.165, 1.54) is 24.3 Å². The van der Waals surface area contributed by atoms with Gasteiger partial charge in [-0.2, -0.15) is 0 Å². The molecule has 0 aliphatic heterocycles. The van der Waals surface area contributed by atoms with Crippen molar-refractivity contribution in [3.8, 4) is 0 Å². The van der Waals surface area contributed by atoms with Crippen LogP contribution < -0.4 is 0 Å². The number of hydrogen-bond acceptors (Lipinski definition) is 4. The molecular weight excluding hydrogens is 338 g/mol. The Kier molecular flexibility index (Phi) is 6.30. The highest BCUT2D eigenvalue weighted by Crippen LogP contribution is 2.21. The largest absolute Gasteiger partial charge is 0.454 e. The fourth-order valence-corrected chi connectivity index (χ4v) is 1.96. The van der Waals surface area contributed by atoms with Crippen LogP contribution in [0.1, 0.15) is 24.2 Å². The van der Waals surface area contributed by atoms with Crippen molar-refractivity contribution in [1.29, 1.82) is 0 Å². The van der Waals surface area contributed by atoms with Crippen LogP contribution in [0.2, 0.25) is 0 Å². The van der Waals surface area contributed by atoms with Gasteiger partial charge in [0, 0.05) is 18.1 Å². The van der Waals surface area contributed by atoms with Gasteiger partial charge in [-0.15, -0.1) is 6.58 Å². The van der Waals surface area contributed by atoms with Crippen LogP contribution in [0, 0.1) is 16.0 Å². The Hall–Kier alpha value is -1.95. The van der Waals surface area contributed by atoms with E-state index >= 15 is 0 Å². The van der Waals surface area contributed by atoms with Crippen LogP contribution in [-0.4, -0.2) is 17.0 Å². The van der Waals surface area contributed by atoms with E-state index in [2.05, 4.69) is 22.5 Å². The van der Waals surface area contributed by atoms with E-state index in [-0.39, 0.29) is 17.2 Å². The van der Waals surface area contributed by atoms with Crippen molar-refractivity contribution < 1.29 is 14.5 Å². The Morgan fingerprint density at radius 3 is 2.43 bits per heavy atom. The fraction of sp³-hybridized carbons (Fsp3) is 0.267. The minimum absolute atomic E-state index is 0.0548. The molecule has 0 radical (unpaired) electrons. The molecule has 1 aromatic rings. The lowest BCUT2D eigenvalue weighted by Gasteiger charge is -2.22. The molecule has 0 N–H and O–H groups in total. The topological polar surface area (TPSA) is 69.4 Å². The first-order chi connectivity index (χ1) is 9.90. The van der Waals surface area contributed by atoms with E-state index in [0.29, 0.717) is 0 Å². The van der Waals surface area contributed by atoms with Crippen LogP contribution in [0.3, 0.4) is 0 Å². The Morgan fingerprint density at radius 2 is 2.00 bits per heavy atom. The van der Waals surface area contributed by atoms with E-state index in [9.17, 15) is 14.9 Å². The summed E-state index contributed by atoms with van der Waals surface area (Å²) in [5.74, 6) is -0.585. The highest BCUT2D eigenvalue weighted by molar-refractivity contribution is 9.11. The smallest absolute Gasteiger partial charge is 0.338 e. The van der Waals surface area contributed by atoms with Gasteiger partial charge < -0.3 is 4.74 Å². The minimum Gasteiger partial charge on any atom is -0.454 e. The van der Waals surface area contributed by atoms with Crippen LogP contribution in [0.5, 0.6) is 0 Å². The molecule has 0 spiro atoms. The lowest BCUT2D eigenvalue weighted by molar-refractivity contribution is -0.384. The van der Waals surface area contributed by atoms with E-state index in [1.54, 1.807) is 11.1 Å². The third kappa shape index (κ3) is 4.53. The van der Waals surface area contributed by atoms with Crippen molar-refractivity contribution in [2.75, 3.05) is 0 Å². The average Bonchev–Trinajstić information content (AvgIpc) is 2.50. The molecule has 1 rings (SSSR count). The second kappa shape index (κ2) is 7.73. The molecule has 2 atom stereocenters. The van der Waals surface area contributed by atoms with Crippen molar-refractivity contribution in [3.05, 3.63) is 63.2 Å². The normalized spacial score (nSPS) is 14.1. The molecule has 6 heteroatoms. The van der Waals surface area contributed by atoms with Gasteiger partial charge in [-0.25, -0.2) is 4.79 Å². The highest BCUT2D eigenvalue weighted by atomic mass is 79.9. The number of nitrogens with zero attached hydrogens (tertiary/aromatic N) is 1. The molecule has 21 heavy (non-hydrogen) atoms. The Morgan fingerprint density at radius 1 is 1.43 bits per heavy atom. The third-order valence-electron chi connectivity index (χ3n) is 3.02. The van der Waals surface area contributed by atoms with Crippen molar-refractivity contribution in [2.45, 2.75) is 20.0 Å². The van der Waals surface area contributed by atoms with Crippen molar-refractivity contribution >= 4 is 27.6 Å². The summed E-state index contributed by atoms with van der Waals surface area (Å²) in [7, 11) is 0. The first kappa shape index (κ1) is 17.1. The maximum atomic E-state index is 12.1. The van der Waals surface area contributed by atoms with Gasteiger partial charge in [0.15, 0.2) is 0 Å². The van der Waals surface area contributed by atoms with Gasteiger partial charge in [0.25, 0.3) is 5.69 Å². The highest BCUT2D eigenvalue weighted by Gasteiger charge is 2.22. The number of hydrogen-bond donors (Lipinski definition) is 0. The zero-order chi connectivity index (χ0) is 16.0.